The summed E-state index contributed by atoms with van der Waals surface area (Å²) in [5.74, 6) is 0. The van der Waals surface area contributed by atoms with Crippen LogP contribution in [0.4, 0.5) is 0 Å². The van der Waals surface area contributed by atoms with Crippen LogP contribution < -0.4 is 0 Å². The van der Waals surface area contributed by atoms with Crippen molar-refractivity contribution in [3.63, 3.8) is 0 Å². The van der Waals surface area contributed by atoms with Crippen molar-refractivity contribution in [1.29, 1.82) is 0 Å². The Kier molecular flexibility index (Phi) is 14.3. The Bertz CT molecular complexity index is 258. The number of rotatable bonds is 15. The molecule has 0 heterocycles. The normalized spacial score (nSPS) is 13.2. The highest BCUT2D eigenvalue weighted by molar-refractivity contribution is 6.27. The zero-order chi connectivity index (χ0) is 18.4. The van der Waals surface area contributed by atoms with E-state index in [2.05, 4.69) is 63.2 Å². The molecule has 0 rings (SSSR count). The molecule has 0 saturated carbocycles. The highest BCUT2D eigenvalue weighted by atomic mass is 28.2. The largest absolute Gasteiger partial charge is 0.418 e. The highest BCUT2D eigenvalue weighted by Gasteiger charge is 2.12. The minimum absolute atomic E-state index is 0.0281. The van der Waals surface area contributed by atoms with Crippen molar-refractivity contribution in [3.05, 3.63) is 0 Å². The van der Waals surface area contributed by atoms with Gasteiger partial charge in [-0.2, -0.15) is 0 Å². The van der Waals surface area contributed by atoms with E-state index in [1.54, 1.807) is 0 Å². The second-order valence-corrected chi connectivity index (χ2v) is 8.71. The number of hydrogen-bond acceptors (Lipinski definition) is 4. The third-order valence-electron chi connectivity index (χ3n) is 4.63. The molecule has 0 aliphatic heterocycles. The van der Waals surface area contributed by atoms with Crippen molar-refractivity contribution in [1.82, 2.24) is 14.7 Å². The average molecular weight is 360 g/mol. The highest BCUT2D eigenvalue weighted by Crippen LogP contribution is 2.06. The second kappa shape index (κ2) is 14.2. The zero-order valence-electron chi connectivity index (χ0n) is 17.7. The van der Waals surface area contributed by atoms with Crippen molar-refractivity contribution in [3.8, 4) is 0 Å². The fourth-order valence-electron chi connectivity index (χ4n) is 2.93. The Morgan fingerprint density at radius 3 is 1.38 bits per heavy atom. The van der Waals surface area contributed by atoms with Crippen LogP contribution in [0.1, 0.15) is 61.3 Å². The van der Waals surface area contributed by atoms with Gasteiger partial charge in [-0.3, -0.25) is 0 Å². The van der Waals surface area contributed by atoms with Crippen LogP contribution in [0, 0.1) is 0 Å². The van der Waals surface area contributed by atoms with Gasteiger partial charge in [0.1, 0.15) is 0 Å². The molecule has 0 aliphatic carbocycles. The van der Waals surface area contributed by atoms with Gasteiger partial charge < -0.3 is 19.1 Å². The first-order valence-electron chi connectivity index (χ1n) is 10.2. The van der Waals surface area contributed by atoms with Crippen molar-refractivity contribution in [2.45, 2.75) is 66.9 Å². The third-order valence-corrected chi connectivity index (χ3v) is 6.51. The van der Waals surface area contributed by atoms with Crippen LogP contribution in [0.3, 0.4) is 0 Å². The van der Waals surface area contributed by atoms with Gasteiger partial charge in [-0.25, -0.2) is 0 Å². The monoisotopic (exact) mass is 359 g/mol. The lowest BCUT2D eigenvalue weighted by Gasteiger charge is -2.27. The van der Waals surface area contributed by atoms with Gasteiger partial charge in [0.2, 0.25) is 0 Å². The summed E-state index contributed by atoms with van der Waals surface area (Å²) in [6.07, 6.45) is 3.74. The lowest BCUT2D eigenvalue weighted by molar-refractivity contribution is 0.131. The van der Waals surface area contributed by atoms with Gasteiger partial charge in [-0.15, -0.1) is 0 Å². The quantitative estimate of drug-likeness (QED) is 0.418. The molecule has 0 N–H and O–H groups in total. The van der Waals surface area contributed by atoms with E-state index < -0.39 is 9.76 Å². The fourth-order valence-corrected chi connectivity index (χ4v) is 4.34. The first-order chi connectivity index (χ1) is 11.4. The molecule has 4 nitrogen and oxygen atoms in total. The summed E-state index contributed by atoms with van der Waals surface area (Å²) in [4.78, 5) is 7.71. The maximum absolute atomic E-state index is 6.08. The summed E-state index contributed by atoms with van der Waals surface area (Å²) in [6.45, 7) is 25.1. The van der Waals surface area contributed by atoms with Gasteiger partial charge in [0.15, 0.2) is 9.76 Å². The molecule has 0 bridgehead atoms. The van der Waals surface area contributed by atoms with Crippen LogP contribution >= 0.6 is 0 Å². The van der Waals surface area contributed by atoms with Crippen LogP contribution in [0.15, 0.2) is 0 Å². The molecule has 0 amide bonds. The summed E-state index contributed by atoms with van der Waals surface area (Å²) in [6, 6.07) is 0. The molecule has 0 aromatic rings. The molecule has 0 radical (unpaired) electrons. The van der Waals surface area contributed by atoms with Gasteiger partial charge in [0.05, 0.1) is 0 Å². The predicted octanol–water partition coefficient (Wildman–Crippen LogP) is 2.61. The molecule has 0 saturated heterocycles. The van der Waals surface area contributed by atoms with Crippen LogP contribution in [0.25, 0.3) is 0 Å². The first kappa shape index (κ1) is 24.1. The van der Waals surface area contributed by atoms with E-state index in [-0.39, 0.29) is 5.60 Å². The van der Waals surface area contributed by atoms with E-state index in [1.807, 2.05) is 0 Å². The Morgan fingerprint density at radius 1 is 0.667 bits per heavy atom. The first-order valence-corrected chi connectivity index (χ1v) is 11.7. The van der Waals surface area contributed by atoms with Crippen LogP contribution in [0.2, 0.25) is 0 Å². The van der Waals surface area contributed by atoms with E-state index in [0.717, 1.165) is 0 Å². The molecule has 0 aromatic heterocycles. The molecule has 0 fully saturated rings. The van der Waals surface area contributed by atoms with Crippen molar-refractivity contribution < 1.29 is 4.43 Å². The van der Waals surface area contributed by atoms with E-state index in [9.17, 15) is 0 Å². The van der Waals surface area contributed by atoms with Crippen LogP contribution in [-0.2, 0) is 4.43 Å². The summed E-state index contributed by atoms with van der Waals surface area (Å²) < 4.78 is 6.08. The van der Waals surface area contributed by atoms with E-state index in [0.29, 0.717) is 0 Å². The van der Waals surface area contributed by atoms with E-state index in [4.69, 9.17) is 4.43 Å². The van der Waals surface area contributed by atoms with Gasteiger partial charge >= 0.3 is 0 Å². The van der Waals surface area contributed by atoms with E-state index in [1.165, 1.54) is 71.4 Å². The van der Waals surface area contributed by atoms with Crippen LogP contribution in [0.5, 0.6) is 0 Å². The van der Waals surface area contributed by atoms with E-state index >= 15 is 0 Å². The van der Waals surface area contributed by atoms with Gasteiger partial charge in [-0.05, 0) is 86.0 Å². The predicted molar refractivity (Wildman–Crippen MR) is 111 cm³/mol. The molecule has 24 heavy (non-hydrogen) atoms. The molecule has 0 atom stereocenters. The zero-order valence-corrected chi connectivity index (χ0v) is 19.1. The van der Waals surface area contributed by atoms with Gasteiger partial charge in [0.25, 0.3) is 0 Å². The van der Waals surface area contributed by atoms with Crippen molar-refractivity contribution in [2.75, 3.05) is 58.5 Å². The molecular weight excluding hydrogens is 314 g/mol. The minimum Gasteiger partial charge on any atom is -0.418 e. The van der Waals surface area contributed by atoms with Crippen LogP contribution in [-0.4, -0.2) is 88.6 Å². The lowest BCUT2D eigenvalue weighted by atomic mass is 10.2. The maximum atomic E-state index is 6.08. The minimum atomic E-state index is -0.457. The van der Waals surface area contributed by atoms with Gasteiger partial charge in [0, 0.05) is 11.8 Å². The van der Waals surface area contributed by atoms with Gasteiger partial charge in [-0.1, -0.05) is 27.7 Å². The molecule has 5 heteroatoms. The smallest absolute Gasteiger partial charge is 0.176 e. The maximum Gasteiger partial charge on any atom is 0.176 e. The molecule has 146 valence electrons. The van der Waals surface area contributed by atoms with Crippen molar-refractivity contribution in [2.24, 2.45) is 0 Å². The Balaban J connectivity index is 4.22. The Hall–Kier alpha value is 0.0569. The Labute approximate surface area is 154 Å². The molecule has 0 unspecified atom stereocenters. The number of hydrogen-bond donors (Lipinski definition) is 0. The molecule has 0 aromatic carbocycles. The molecule has 0 aliphatic rings. The fraction of sp³-hybridized carbons (Fsp3) is 1.00. The summed E-state index contributed by atoms with van der Waals surface area (Å²) in [7, 11) is -0.457. The summed E-state index contributed by atoms with van der Waals surface area (Å²) >= 11 is 0. The number of nitrogens with zero attached hydrogens (tertiary/aromatic N) is 3. The standard InChI is InChI=1S/C19H45N3OSi/c1-8-20(9-2)14-12-16-22(18-24-23-19(5,6)7)17-13-15-21(10-3)11-4/h8-18,24H2,1-7H3. The summed E-state index contributed by atoms with van der Waals surface area (Å²) in [5, 5.41) is 0. The average Bonchev–Trinajstić information content (AvgIpc) is 2.54. The Morgan fingerprint density at radius 2 is 1.04 bits per heavy atom. The SMILES string of the molecule is CCN(CC)CCCN(CCCN(CC)CC)C[SiH2]OC(C)(C)C. The second-order valence-electron chi connectivity index (χ2n) is 7.56. The lowest BCUT2D eigenvalue weighted by Crippen LogP contribution is -2.37. The molecular formula is C19H45N3OSi. The topological polar surface area (TPSA) is 19.0 Å². The summed E-state index contributed by atoms with van der Waals surface area (Å²) in [5.41, 5.74) is 0.0281. The third kappa shape index (κ3) is 13.4. The van der Waals surface area contributed by atoms with Crippen molar-refractivity contribution >= 4 is 9.76 Å². The molecule has 0 spiro atoms.